The van der Waals surface area contributed by atoms with Crippen LogP contribution in [0.2, 0.25) is 0 Å². The Morgan fingerprint density at radius 1 is 1.14 bits per heavy atom. The zero-order valence-corrected chi connectivity index (χ0v) is 9.00. The van der Waals surface area contributed by atoms with Gasteiger partial charge in [0, 0.05) is 13.2 Å². The number of nitrogens with two attached hydrogens (primary N) is 1. The van der Waals surface area contributed by atoms with Gasteiger partial charge in [-0.3, -0.25) is 4.90 Å². The lowest BCUT2D eigenvalue weighted by Gasteiger charge is -2.38. The van der Waals surface area contributed by atoms with Crippen LogP contribution >= 0.6 is 0 Å². The third-order valence-corrected chi connectivity index (χ3v) is 3.74. The van der Waals surface area contributed by atoms with Gasteiger partial charge < -0.3 is 10.5 Å². The molecule has 1 atom stereocenters. The number of ether oxygens (including phenoxy) is 1. The van der Waals surface area contributed by atoms with Crippen LogP contribution in [0.15, 0.2) is 0 Å². The monoisotopic (exact) mass is 198 g/mol. The summed E-state index contributed by atoms with van der Waals surface area (Å²) >= 11 is 0. The Balaban J connectivity index is 2.01. The lowest BCUT2D eigenvalue weighted by molar-refractivity contribution is 0.0747. The fourth-order valence-electron chi connectivity index (χ4n) is 2.68. The Labute approximate surface area is 86.6 Å². The number of hydrogen-bond acceptors (Lipinski definition) is 3. The lowest BCUT2D eigenvalue weighted by Crippen LogP contribution is -2.54. The lowest BCUT2D eigenvalue weighted by atomic mass is 9.96. The Kier molecular flexibility index (Phi) is 3.42. The number of nitrogens with zero attached hydrogens (tertiary/aromatic N) is 1. The van der Waals surface area contributed by atoms with Gasteiger partial charge in [0.25, 0.3) is 0 Å². The normalized spacial score (nSPS) is 35.8. The molecule has 0 radical (unpaired) electrons. The molecule has 82 valence electrons. The molecule has 0 spiro atoms. The van der Waals surface area contributed by atoms with Crippen LogP contribution in [0.5, 0.6) is 0 Å². The molecule has 2 N–H and O–H groups in total. The predicted octanol–water partition coefficient (Wildman–Crippen LogP) is 0.980. The molecule has 1 unspecified atom stereocenters. The summed E-state index contributed by atoms with van der Waals surface area (Å²) in [5, 5.41) is 0. The zero-order valence-electron chi connectivity index (χ0n) is 9.00. The molecule has 2 aliphatic heterocycles. The van der Waals surface area contributed by atoms with Gasteiger partial charge in [-0.2, -0.15) is 0 Å². The van der Waals surface area contributed by atoms with Crippen molar-refractivity contribution >= 4 is 0 Å². The average Bonchev–Trinajstić information content (AvgIpc) is 2.54. The average molecular weight is 198 g/mol. The van der Waals surface area contributed by atoms with Crippen LogP contribution in [0.1, 0.15) is 32.1 Å². The number of likely N-dealkylation sites (tertiary alicyclic amines) is 1. The van der Waals surface area contributed by atoms with Gasteiger partial charge in [-0.05, 0) is 32.4 Å². The molecule has 0 aromatic carbocycles. The second-order valence-electron chi connectivity index (χ2n) is 4.63. The van der Waals surface area contributed by atoms with E-state index in [4.69, 9.17) is 10.5 Å². The maximum atomic E-state index is 5.93. The third kappa shape index (κ3) is 1.95. The summed E-state index contributed by atoms with van der Waals surface area (Å²) in [7, 11) is 0. The molecule has 2 aliphatic rings. The Bertz CT molecular complexity index is 170. The molecule has 2 saturated heterocycles. The molecule has 0 aromatic heterocycles. The highest BCUT2D eigenvalue weighted by Gasteiger charge is 2.39. The van der Waals surface area contributed by atoms with Crippen molar-refractivity contribution in [3.63, 3.8) is 0 Å². The van der Waals surface area contributed by atoms with Crippen molar-refractivity contribution < 1.29 is 4.74 Å². The van der Waals surface area contributed by atoms with E-state index in [1.165, 1.54) is 38.8 Å². The molecular weight excluding hydrogens is 176 g/mol. The first-order valence-corrected chi connectivity index (χ1v) is 5.90. The minimum absolute atomic E-state index is 0.185. The third-order valence-electron chi connectivity index (χ3n) is 3.74. The molecule has 2 fully saturated rings. The largest absolute Gasteiger partial charge is 0.379 e. The fraction of sp³-hybridized carbons (Fsp3) is 1.00. The van der Waals surface area contributed by atoms with Crippen LogP contribution in [0.4, 0.5) is 0 Å². The van der Waals surface area contributed by atoms with Crippen molar-refractivity contribution in [3.05, 3.63) is 0 Å². The van der Waals surface area contributed by atoms with Gasteiger partial charge in [-0.25, -0.2) is 0 Å². The van der Waals surface area contributed by atoms with Crippen LogP contribution in [0.25, 0.3) is 0 Å². The summed E-state index contributed by atoms with van der Waals surface area (Å²) in [5.41, 5.74) is 6.11. The van der Waals surface area contributed by atoms with Crippen LogP contribution in [0.3, 0.4) is 0 Å². The second-order valence-corrected chi connectivity index (χ2v) is 4.63. The Morgan fingerprint density at radius 3 is 2.36 bits per heavy atom. The van der Waals surface area contributed by atoms with Gasteiger partial charge in [-0.1, -0.05) is 12.8 Å². The molecule has 2 rings (SSSR count). The van der Waals surface area contributed by atoms with E-state index >= 15 is 0 Å². The maximum Gasteiger partial charge on any atom is 0.0663 e. The van der Waals surface area contributed by atoms with E-state index in [1.54, 1.807) is 0 Å². The number of hydrogen-bond donors (Lipinski definition) is 1. The topological polar surface area (TPSA) is 38.5 Å². The van der Waals surface area contributed by atoms with Crippen LogP contribution < -0.4 is 5.73 Å². The maximum absolute atomic E-state index is 5.93. The van der Waals surface area contributed by atoms with Gasteiger partial charge in [-0.15, -0.1) is 0 Å². The van der Waals surface area contributed by atoms with Crippen LogP contribution in [0, 0.1) is 0 Å². The van der Waals surface area contributed by atoms with E-state index in [0.29, 0.717) is 0 Å². The van der Waals surface area contributed by atoms with Gasteiger partial charge in [0.15, 0.2) is 0 Å². The quantitative estimate of drug-likeness (QED) is 0.719. The van der Waals surface area contributed by atoms with E-state index in [2.05, 4.69) is 4.90 Å². The summed E-state index contributed by atoms with van der Waals surface area (Å²) in [4.78, 5) is 2.59. The second kappa shape index (κ2) is 4.60. The molecule has 0 amide bonds. The van der Waals surface area contributed by atoms with Crippen molar-refractivity contribution in [2.75, 3.05) is 32.8 Å². The molecule has 14 heavy (non-hydrogen) atoms. The minimum atomic E-state index is 0.185. The number of rotatable bonds is 2. The fourth-order valence-corrected chi connectivity index (χ4v) is 2.68. The van der Waals surface area contributed by atoms with E-state index < -0.39 is 0 Å². The SMILES string of the molecule is NCC1(N2CCCCCC2)CCOC1. The zero-order chi connectivity index (χ0) is 9.86. The molecule has 0 aliphatic carbocycles. The van der Waals surface area contributed by atoms with E-state index in [9.17, 15) is 0 Å². The molecular formula is C11H22N2O. The van der Waals surface area contributed by atoms with Gasteiger partial charge >= 0.3 is 0 Å². The Morgan fingerprint density at radius 2 is 1.86 bits per heavy atom. The van der Waals surface area contributed by atoms with Crippen molar-refractivity contribution in [2.24, 2.45) is 5.73 Å². The predicted molar refractivity (Wildman–Crippen MR) is 57.3 cm³/mol. The standard InChI is InChI=1S/C11H22N2O/c12-9-11(5-8-14-10-11)13-6-3-1-2-4-7-13/h1-10,12H2. The van der Waals surface area contributed by atoms with E-state index in [1.807, 2.05) is 0 Å². The van der Waals surface area contributed by atoms with Crippen LogP contribution in [-0.2, 0) is 4.74 Å². The Hall–Kier alpha value is -0.120. The molecule has 0 saturated carbocycles. The summed E-state index contributed by atoms with van der Waals surface area (Å²) in [6, 6.07) is 0. The highest BCUT2D eigenvalue weighted by Crippen LogP contribution is 2.27. The van der Waals surface area contributed by atoms with Gasteiger partial charge in [0.1, 0.15) is 0 Å². The summed E-state index contributed by atoms with van der Waals surface area (Å²) in [6.07, 6.45) is 6.57. The first-order chi connectivity index (χ1) is 6.87. The van der Waals surface area contributed by atoms with Crippen LogP contribution in [-0.4, -0.2) is 43.3 Å². The van der Waals surface area contributed by atoms with Crippen molar-refractivity contribution in [1.29, 1.82) is 0 Å². The van der Waals surface area contributed by atoms with Crippen molar-refractivity contribution in [1.82, 2.24) is 4.90 Å². The summed E-state index contributed by atoms with van der Waals surface area (Å²) < 4.78 is 5.52. The smallest absolute Gasteiger partial charge is 0.0663 e. The highest BCUT2D eigenvalue weighted by atomic mass is 16.5. The van der Waals surface area contributed by atoms with Gasteiger partial charge in [0.05, 0.1) is 12.1 Å². The minimum Gasteiger partial charge on any atom is -0.379 e. The van der Waals surface area contributed by atoms with Crippen molar-refractivity contribution in [3.8, 4) is 0 Å². The molecule has 3 heteroatoms. The molecule has 2 heterocycles. The van der Waals surface area contributed by atoms with Crippen molar-refractivity contribution in [2.45, 2.75) is 37.6 Å². The first kappa shape index (κ1) is 10.4. The molecule has 0 bridgehead atoms. The van der Waals surface area contributed by atoms with Gasteiger partial charge in [0.2, 0.25) is 0 Å². The molecule has 3 nitrogen and oxygen atoms in total. The van der Waals surface area contributed by atoms with E-state index in [-0.39, 0.29) is 5.54 Å². The summed E-state index contributed by atoms with van der Waals surface area (Å²) in [6.45, 7) is 4.95. The first-order valence-electron chi connectivity index (χ1n) is 5.90. The van der Waals surface area contributed by atoms with E-state index in [0.717, 1.165) is 26.2 Å². The summed E-state index contributed by atoms with van der Waals surface area (Å²) in [5.74, 6) is 0. The highest BCUT2D eigenvalue weighted by molar-refractivity contribution is 4.95. The molecule has 0 aromatic rings.